The topological polar surface area (TPSA) is 41.5 Å². The number of hydrogen-bond donors (Lipinski definition) is 2. The van der Waals surface area contributed by atoms with E-state index < -0.39 is 0 Å². The Morgan fingerprint density at radius 3 is 3.00 bits per heavy atom. The first-order valence-corrected chi connectivity index (χ1v) is 4.89. The fourth-order valence-corrected chi connectivity index (χ4v) is 1.89. The van der Waals surface area contributed by atoms with E-state index in [1.807, 2.05) is 12.1 Å². The molecule has 1 heterocycles. The van der Waals surface area contributed by atoms with Crippen LogP contribution in [0.4, 0.5) is 0 Å². The van der Waals surface area contributed by atoms with Crippen LogP contribution < -0.4 is 10.1 Å². The van der Waals surface area contributed by atoms with Gasteiger partial charge < -0.3 is 15.2 Å². The summed E-state index contributed by atoms with van der Waals surface area (Å²) in [5.74, 6) is 1.33. The van der Waals surface area contributed by atoms with Gasteiger partial charge in [0.25, 0.3) is 0 Å². The zero-order chi connectivity index (χ0) is 9.97. The molecule has 1 atom stereocenters. The number of nitrogens with one attached hydrogen (secondary N) is 1. The van der Waals surface area contributed by atoms with Crippen LogP contribution in [0.3, 0.4) is 0 Å². The first-order valence-electron chi connectivity index (χ1n) is 4.89. The molecule has 0 aliphatic carbocycles. The average Bonchev–Trinajstić information content (AvgIpc) is 2.71. The highest BCUT2D eigenvalue weighted by molar-refractivity contribution is 5.43. The highest BCUT2D eigenvalue weighted by atomic mass is 16.5. The molecule has 2 N–H and O–H groups in total. The van der Waals surface area contributed by atoms with Crippen molar-refractivity contribution >= 4 is 0 Å². The number of benzene rings is 1. The van der Waals surface area contributed by atoms with Gasteiger partial charge in [0.05, 0.1) is 7.11 Å². The van der Waals surface area contributed by atoms with E-state index in [0.717, 1.165) is 19.5 Å². The Morgan fingerprint density at radius 1 is 1.50 bits per heavy atom. The normalized spacial score (nSPS) is 21.1. The Balaban J connectivity index is 2.25. The highest BCUT2D eigenvalue weighted by Crippen LogP contribution is 2.31. The monoisotopic (exact) mass is 193 g/mol. The summed E-state index contributed by atoms with van der Waals surface area (Å²) in [7, 11) is 1.58. The van der Waals surface area contributed by atoms with Gasteiger partial charge in [0.15, 0.2) is 11.5 Å². The van der Waals surface area contributed by atoms with Crippen molar-refractivity contribution in [3.05, 3.63) is 23.8 Å². The summed E-state index contributed by atoms with van der Waals surface area (Å²) >= 11 is 0. The minimum absolute atomic E-state index is 0.210. The molecular weight excluding hydrogens is 178 g/mol. The minimum atomic E-state index is 0.210. The summed E-state index contributed by atoms with van der Waals surface area (Å²) in [6.45, 7) is 2.10. The standard InChI is InChI=1S/C11H15NO2/c1-14-11-6-8(2-3-10(11)13)9-4-5-12-7-9/h2-3,6,9,12-13H,4-5,7H2,1H3. The maximum atomic E-state index is 9.44. The van der Waals surface area contributed by atoms with E-state index in [1.54, 1.807) is 13.2 Å². The molecule has 1 aromatic carbocycles. The second-order valence-corrected chi connectivity index (χ2v) is 3.62. The molecule has 0 spiro atoms. The molecule has 1 fully saturated rings. The van der Waals surface area contributed by atoms with Gasteiger partial charge in [0.2, 0.25) is 0 Å². The molecule has 0 bridgehead atoms. The molecule has 2 rings (SSSR count). The Hall–Kier alpha value is -1.22. The molecule has 3 heteroatoms. The van der Waals surface area contributed by atoms with Gasteiger partial charge in [-0.1, -0.05) is 6.07 Å². The lowest BCUT2D eigenvalue weighted by atomic mass is 9.98. The lowest BCUT2D eigenvalue weighted by Gasteiger charge is -2.11. The van der Waals surface area contributed by atoms with E-state index in [1.165, 1.54) is 5.56 Å². The molecule has 1 saturated heterocycles. The summed E-state index contributed by atoms with van der Waals surface area (Å²) in [5.41, 5.74) is 1.24. The van der Waals surface area contributed by atoms with E-state index >= 15 is 0 Å². The van der Waals surface area contributed by atoms with Crippen LogP contribution in [0.2, 0.25) is 0 Å². The number of phenols is 1. The van der Waals surface area contributed by atoms with Crippen molar-refractivity contribution in [3.63, 3.8) is 0 Å². The van der Waals surface area contributed by atoms with Crippen molar-refractivity contribution in [1.82, 2.24) is 5.32 Å². The predicted octanol–water partition coefficient (Wildman–Crippen LogP) is 1.48. The van der Waals surface area contributed by atoms with E-state index in [4.69, 9.17) is 4.74 Å². The van der Waals surface area contributed by atoms with Crippen LogP contribution in [0.1, 0.15) is 17.9 Å². The van der Waals surface area contributed by atoms with Crippen LogP contribution in [0.15, 0.2) is 18.2 Å². The van der Waals surface area contributed by atoms with Gasteiger partial charge in [0.1, 0.15) is 0 Å². The molecule has 1 aliphatic rings. The van der Waals surface area contributed by atoms with E-state index in [0.29, 0.717) is 11.7 Å². The molecule has 76 valence electrons. The molecule has 0 radical (unpaired) electrons. The van der Waals surface area contributed by atoms with Crippen LogP contribution in [0.25, 0.3) is 0 Å². The molecule has 3 nitrogen and oxygen atoms in total. The van der Waals surface area contributed by atoms with E-state index in [9.17, 15) is 5.11 Å². The maximum Gasteiger partial charge on any atom is 0.160 e. The van der Waals surface area contributed by atoms with Crippen LogP contribution >= 0.6 is 0 Å². The van der Waals surface area contributed by atoms with Crippen molar-refractivity contribution in [2.75, 3.05) is 20.2 Å². The number of hydrogen-bond acceptors (Lipinski definition) is 3. The maximum absolute atomic E-state index is 9.44. The molecule has 1 aliphatic heterocycles. The Kier molecular flexibility index (Phi) is 2.59. The molecule has 1 unspecified atom stereocenters. The quantitative estimate of drug-likeness (QED) is 0.747. The van der Waals surface area contributed by atoms with Crippen molar-refractivity contribution < 1.29 is 9.84 Å². The van der Waals surface area contributed by atoms with E-state index in [2.05, 4.69) is 5.32 Å². The van der Waals surface area contributed by atoms with Crippen molar-refractivity contribution in [2.24, 2.45) is 0 Å². The summed E-state index contributed by atoms with van der Waals surface area (Å²) in [6.07, 6.45) is 1.16. The fourth-order valence-electron chi connectivity index (χ4n) is 1.89. The lowest BCUT2D eigenvalue weighted by molar-refractivity contribution is 0.372. The first-order chi connectivity index (χ1) is 6.81. The Labute approximate surface area is 83.7 Å². The van der Waals surface area contributed by atoms with E-state index in [-0.39, 0.29) is 5.75 Å². The van der Waals surface area contributed by atoms with Gasteiger partial charge in [0, 0.05) is 6.54 Å². The van der Waals surface area contributed by atoms with Gasteiger partial charge >= 0.3 is 0 Å². The number of aromatic hydroxyl groups is 1. The number of ether oxygens (including phenoxy) is 1. The number of phenolic OH excluding ortho intramolecular Hbond substituents is 1. The fraction of sp³-hybridized carbons (Fsp3) is 0.455. The summed E-state index contributed by atoms with van der Waals surface area (Å²) in [5, 5.41) is 12.8. The second kappa shape index (κ2) is 3.88. The van der Waals surface area contributed by atoms with Crippen molar-refractivity contribution in [2.45, 2.75) is 12.3 Å². The second-order valence-electron chi connectivity index (χ2n) is 3.62. The molecule has 14 heavy (non-hydrogen) atoms. The predicted molar refractivity (Wildman–Crippen MR) is 54.9 cm³/mol. The molecule has 0 aromatic heterocycles. The largest absolute Gasteiger partial charge is 0.504 e. The SMILES string of the molecule is COc1cc(C2CCNC2)ccc1O. The van der Waals surface area contributed by atoms with Gasteiger partial charge in [-0.05, 0) is 36.6 Å². The summed E-state index contributed by atoms with van der Waals surface area (Å²) < 4.78 is 5.07. The molecule has 0 saturated carbocycles. The molecule has 0 amide bonds. The van der Waals surface area contributed by atoms with Gasteiger partial charge in [-0.15, -0.1) is 0 Å². The third-order valence-electron chi connectivity index (χ3n) is 2.74. The average molecular weight is 193 g/mol. The summed E-state index contributed by atoms with van der Waals surface area (Å²) in [6, 6.07) is 5.59. The Bertz CT molecular complexity index is 319. The van der Waals surface area contributed by atoms with Crippen LogP contribution in [0.5, 0.6) is 11.5 Å². The van der Waals surface area contributed by atoms with Crippen LogP contribution in [-0.4, -0.2) is 25.3 Å². The third-order valence-corrected chi connectivity index (χ3v) is 2.74. The smallest absolute Gasteiger partial charge is 0.160 e. The third kappa shape index (κ3) is 1.68. The summed E-state index contributed by atoms with van der Waals surface area (Å²) in [4.78, 5) is 0. The zero-order valence-corrected chi connectivity index (χ0v) is 8.29. The molecular formula is C11H15NO2. The zero-order valence-electron chi connectivity index (χ0n) is 8.29. The Morgan fingerprint density at radius 2 is 2.36 bits per heavy atom. The van der Waals surface area contributed by atoms with Crippen molar-refractivity contribution in [1.29, 1.82) is 0 Å². The van der Waals surface area contributed by atoms with Crippen LogP contribution in [-0.2, 0) is 0 Å². The van der Waals surface area contributed by atoms with Gasteiger partial charge in [-0.3, -0.25) is 0 Å². The number of methoxy groups -OCH3 is 1. The van der Waals surface area contributed by atoms with Gasteiger partial charge in [-0.2, -0.15) is 0 Å². The van der Waals surface area contributed by atoms with Crippen LogP contribution in [0, 0.1) is 0 Å². The first kappa shape index (κ1) is 9.34. The minimum Gasteiger partial charge on any atom is -0.504 e. The molecule has 1 aromatic rings. The number of rotatable bonds is 2. The van der Waals surface area contributed by atoms with Crippen molar-refractivity contribution in [3.8, 4) is 11.5 Å². The highest BCUT2D eigenvalue weighted by Gasteiger charge is 2.17. The van der Waals surface area contributed by atoms with Gasteiger partial charge in [-0.25, -0.2) is 0 Å². The lowest BCUT2D eigenvalue weighted by Crippen LogP contribution is -2.07.